The molecule has 0 spiro atoms. The molecule has 3 rings (SSSR count). The average Bonchev–Trinajstić information content (AvgIpc) is 3.28. The molecule has 26 heavy (non-hydrogen) atoms. The van der Waals surface area contributed by atoms with Crippen molar-refractivity contribution in [2.45, 2.75) is 43.3 Å². The van der Waals surface area contributed by atoms with E-state index in [0.717, 1.165) is 29.4 Å². The zero-order valence-electron chi connectivity index (χ0n) is 14.7. The molecule has 0 bridgehead atoms. The highest BCUT2D eigenvalue weighted by atomic mass is 35.5. The van der Waals surface area contributed by atoms with Crippen molar-refractivity contribution in [2.24, 2.45) is 0 Å². The number of hydrogen-bond donors (Lipinski definition) is 1. The van der Waals surface area contributed by atoms with Gasteiger partial charge in [-0.15, -0.1) is 10.2 Å². The summed E-state index contributed by atoms with van der Waals surface area (Å²) in [5.74, 6) is 1.59. The van der Waals surface area contributed by atoms with E-state index in [1.165, 1.54) is 19.9 Å². The van der Waals surface area contributed by atoms with E-state index in [0.29, 0.717) is 23.2 Å². The molecule has 9 heteroatoms. The van der Waals surface area contributed by atoms with Crippen LogP contribution in [0.4, 0.5) is 0 Å². The van der Waals surface area contributed by atoms with Crippen LogP contribution in [0.1, 0.15) is 38.1 Å². The first-order chi connectivity index (χ1) is 12.5. The standard InChI is InChI=1S/C17H23ClN4O2S2/c1-19-26(23,24)12-6-11-25-17-21-20-16(14-9-4-5-10-15(14)18)22(17)13-7-2-3-8-13/h4-5,9-10,13,19H,2-3,6-8,11-12H2,1H3. The smallest absolute Gasteiger partial charge is 0.211 e. The van der Waals surface area contributed by atoms with Crippen LogP contribution in [0.15, 0.2) is 29.4 Å². The molecule has 1 aromatic carbocycles. The Labute approximate surface area is 163 Å². The quantitative estimate of drug-likeness (QED) is 0.525. The van der Waals surface area contributed by atoms with E-state index < -0.39 is 10.0 Å². The summed E-state index contributed by atoms with van der Waals surface area (Å²) in [5, 5.41) is 10.3. The molecular weight excluding hydrogens is 392 g/mol. The molecule has 1 aromatic heterocycles. The molecule has 0 radical (unpaired) electrons. The molecule has 0 amide bonds. The second-order valence-corrected chi connectivity index (χ2v) is 9.83. The van der Waals surface area contributed by atoms with Gasteiger partial charge in [0.15, 0.2) is 11.0 Å². The van der Waals surface area contributed by atoms with Gasteiger partial charge in [0.2, 0.25) is 10.0 Å². The highest BCUT2D eigenvalue weighted by molar-refractivity contribution is 7.99. The zero-order valence-corrected chi connectivity index (χ0v) is 17.1. The van der Waals surface area contributed by atoms with E-state index in [9.17, 15) is 8.42 Å². The van der Waals surface area contributed by atoms with Gasteiger partial charge in [-0.25, -0.2) is 13.1 Å². The largest absolute Gasteiger partial charge is 0.299 e. The maximum Gasteiger partial charge on any atom is 0.211 e. The van der Waals surface area contributed by atoms with Crippen LogP contribution in [0.5, 0.6) is 0 Å². The summed E-state index contributed by atoms with van der Waals surface area (Å²) in [6, 6.07) is 8.05. The molecule has 0 aliphatic heterocycles. The van der Waals surface area contributed by atoms with Crippen LogP contribution in [0.2, 0.25) is 5.02 Å². The molecule has 1 saturated carbocycles. The van der Waals surface area contributed by atoms with Gasteiger partial charge in [0.1, 0.15) is 0 Å². The minimum absolute atomic E-state index is 0.117. The summed E-state index contributed by atoms with van der Waals surface area (Å²) >= 11 is 7.94. The Bertz CT molecular complexity index is 848. The maximum atomic E-state index is 11.5. The van der Waals surface area contributed by atoms with Crippen LogP contribution in [-0.2, 0) is 10.0 Å². The third-order valence-electron chi connectivity index (χ3n) is 4.57. The first kappa shape index (κ1) is 19.7. The Kier molecular flexibility index (Phi) is 6.60. The fourth-order valence-electron chi connectivity index (χ4n) is 3.21. The van der Waals surface area contributed by atoms with Gasteiger partial charge in [-0.2, -0.15) is 0 Å². The van der Waals surface area contributed by atoms with Crippen molar-refractivity contribution in [2.75, 3.05) is 18.6 Å². The average molecular weight is 415 g/mol. The number of rotatable bonds is 8. The monoisotopic (exact) mass is 414 g/mol. The van der Waals surface area contributed by atoms with Crippen LogP contribution in [0.3, 0.4) is 0 Å². The highest BCUT2D eigenvalue weighted by Crippen LogP contribution is 2.38. The Morgan fingerprint density at radius 1 is 1.27 bits per heavy atom. The lowest BCUT2D eigenvalue weighted by Gasteiger charge is -2.17. The molecule has 1 aliphatic carbocycles. The van der Waals surface area contributed by atoms with E-state index in [-0.39, 0.29) is 5.75 Å². The number of halogens is 1. The molecule has 0 unspecified atom stereocenters. The number of nitrogens with one attached hydrogen (secondary N) is 1. The van der Waals surface area contributed by atoms with E-state index >= 15 is 0 Å². The van der Waals surface area contributed by atoms with Gasteiger partial charge in [-0.1, -0.05) is 48.3 Å². The highest BCUT2D eigenvalue weighted by Gasteiger charge is 2.25. The van der Waals surface area contributed by atoms with Crippen LogP contribution in [0.25, 0.3) is 11.4 Å². The predicted octanol–water partition coefficient (Wildman–Crippen LogP) is 3.75. The van der Waals surface area contributed by atoms with Gasteiger partial charge < -0.3 is 0 Å². The van der Waals surface area contributed by atoms with Crippen LogP contribution in [0, 0.1) is 0 Å². The van der Waals surface area contributed by atoms with Crippen molar-refractivity contribution in [1.82, 2.24) is 19.5 Å². The van der Waals surface area contributed by atoms with Gasteiger partial charge in [0.05, 0.1) is 10.8 Å². The Balaban J connectivity index is 1.81. The Hall–Kier alpha value is -1.09. The van der Waals surface area contributed by atoms with Crippen molar-refractivity contribution in [3.63, 3.8) is 0 Å². The molecule has 6 nitrogen and oxygen atoms in total. The summed E-state index contributed by atoms with van der Waals surface area (Å²) in [5.41, 5.74) is 0.887. The zero-order chi connectivity index (χ0) is 18.6. The van der Waals surface area contributed by atoms with Crippen LogP contribution >= 0.6 is 23.4 Å². The van der Waals surface area contributed by atoms with E-state index in [4.69, 9.17) is 11.6 Å². The molecule has 0 atom stereocenters. The third-order valence-corrected chi connectivity index (χ3v) is 7.38. The summed E-state index contributed by atoms with van der Waals surface area (Å²) in [4.78, 5) is 0. The van der Waals surface area contributed by atoms with Gasteiger partial charge in [0, 0.05) is 17.4 Å². The van der Waals surface area contributed by atoms with Gasteiger partial charge >= 0.3 is 0 Å². The lowest BCUT2D eigenvalue weighted by molar-refractivity contribution is 0.485. The third kappa shape index (κ3) is 4.60. The van der Waals surface area contributed by atoms with Crippen molar-refractivity contribution in [1.29, 1.82) is 0 Å². The molecule has 1 N–H and O–H groups in total. The van der Waals surface area contributed by atoms with Gasteiger partial charge in [-0.05, 0) is 38.4 Å². The molecule has 1 fully saturated rings. The van der Waals surface area contributed by atoms with E-state index in [1.54, 1.807) is 11.8 Å². The topological polar surface area (TPSA) is 76.9 Å². The maximum absolute atomic E-state index is 11.5. The summed E-state index contributed by atoms with van der Waals surface area (Å²) in [6.45, 7) is 0. The first-order valence-electron chi connectivity index (χ1n) is 8.75. The lowest BCUT2D eigenvalue weighted by Crippen LogP contribution is -2.22. The number of benzene rings is 1. The van der Waals surface area contributed by atoms with Crippen LogP contribution in [-0.4, -0.2) is 41.7 Å². The fraction of sp³-hybridized carbons (Fsp3) is 0.529. The van der Waals surface area contributed by atoms with Crippen LogP contribution < -0.4 is 4.72 Å². The number of hydrogen-bond acceptors (Lipinski definition) is 5. The molecule has 2 aromatic rings. The van der Waals surface area contributed by atoms with Gasteiger partial charge in [0.25, 0.3) is 0 Å². The lowest BCUT2D eigenvalue weighted by atomic mass is 10.2. The molecule has 1 aliphatic rings. The van der Waals surface area contributed by atoms with Crippen molar-refractivity contribution < 1.29 is 8.42 Å². The SMILES string of the molecule is CNS(=O)(=O)CCCSc1nnc(-c2ccccc2Cl)n1C1CCCC1. The van der Waals surface area contributed by atoms with E-state index in [2.05, 4.69) is 19.5 Å². The summed E-state index contributed by atoms with van der Waals surface area (Å²) < 4.78 is 27.6. The number of aromatic nitrogens is 3. The predicted molar refractivity (Wildman–Crippen MR) is 106 cm³/mol. The molecule has 1 heterocycles. The second-order valence-electron chi connectivity index (χ2n) is 6.32. The number of nitrogens with zero attached hydrogens (tertiary/aromatic N) is 3. The van der Waals surface area contributed by atoms with Crippen molar-refractivity contribution in [3.05, 3.63) is 29.3 Å². The molecular formula is C17H23ClN4O2S2. The fourth-order valence-corrected chi connectivity index (χ4v) is 5.28. The first-order valence-corrected chi connectivity index (χ1v) is 11.8. The molecule has 0 saturated heterocycles. The minimum atomic E-state index is -3.17. The van der Waals surface area contributed by atoms with Crippen molar-refractivity contribution in [3.8, 4) is 11.4 Å². The van der Waals surface area contributed by atoms with E-state index in [1.807, 2.05) is 24.3 Å². The Morgan fingerprint density at radius 3 is 2.69 bits per heavy atom. The summed E-state index contributed by atoms with van der Waals surface area (Å²) in [7, 11) is -1.73. The molecule has 142 valence electrons. The number of sulfonamides is 1. The second kappa shape index (κ2) is 8.73. The van der Waals surface area contributed by atoms with Crippen molar-refractivity contribution >= 4 is 33.4 Å². The normalized spacial score (nSPS) is 15.6. The summed E-state index contributed by atoms with van der Waals surface area (Å²) in [6.07, 6.45) is 5.19. The Morgan fingerprint density at radius 2 is 2.00 bits per heavy atom. The minimum Gasteiger partial charge on any atom is -0.299 e. The van der Waals surface area contributed by atoms with Gasteiger partial charge in [-0.3, -0.25) is 4.57 Å². The number of thioether (sulfide) groups is 1.